The van der Waals surface area contributed by atoms with Crippen LogP contribution in [-0.2, 0) is 14.3 Å². The molecule has 8 heteroatoms. The van der Waals surface area contributed by atoms with Gasteiger partial charge in [0, 0.05) is 11.4 Å². The van der Waals surface area contributed by atoms with E-state index >= 15 is 0 Å². The Morgan fingerprint density at radius 2 is 1.96 bits per heavy atom. The molecule has 1 unspecified atom stereocenters. The molecule has 2 rings (SSSR count). The molecule has 0 saturated heterocycles. The highest BCUT2D eigenvalue weighted by atomic mass is 35.5. The number of ether oxygens (including phenoxy) is 2. The second kappa shape index (κ2) is 9.50. The van der Waals surface area contributed by atoms with Crippen LogP contribution in [0.3, 0.4) is 0 Å². The lowest BCUT2D eigenvalue weighted by Crippen LogP contribution is -2.39. The van der Waals surface area contributed by atoms with Gasteiger partial charge in [0.1, 0.15) is 25.0 Å². The van der Waals surface area contributed by atoms with E-state index in [9.17, 15) is 9.59 Å². The fraction of sp³-hybridized carbons (Fsp3) is 0.474. The van der Waals surface area contributed by atoms with Gasteiger partial charge in [0.05, 0.1) is 5.41 Å². The molecule has 1 atom stereocenters. The van der Waals surface area contributed by atoms with Gasteiger partial charge in [0.15, 0.2) is 0 Å². The van der Waals surface area contributed by atoms with Crippen molar-refractivity contribution in [2.45, 2.75) is 46.3 Å². The number of carbonyl (C=O) groups excluding carboxylic acids is 2. The summed E-state index contributed by atoms with van der Waals surface area (Å²) in [5.41, 5.74) is -0.967. The summed E-state index contributed by atoms with van der Waals surface area (Å²) in [6.07, 6.45) is 3.69. The predicted molar refractivity (Wildman–Crippen MR) is 100 cm³/mol. The Labute approximate surface area is 163 Å². The highest BCUT2D eigenvalue weighted by Crippen LogP contribution is 2.28. The van der Waals surface area contributed by atoms with E-state index < -0.39 is 11.6 Å². The first-order chi connectivity index (χ1) is 12.8. The Bertz CT molecular complexity index is 745. The molecular formula is C19H24ClN3O4. The average Bonchev–Trinajstić information content (AvgIpc) is 3.18. The van der Waals surface area contributed by atoms with Gasteiger partial charge in [0.25, 0.3) is 6.23 Å². The van der Waals surface area contributed by atoms with E-state index in [1.165, 1.54) is 17.3 Å². The zero-order chi connectivity index (χ0) is 19.9. The lowest BCUT2D eigenvalue weighted by Gasteiger charge is -2.28. The number of hydrogen-bond acceptors (Lipinski definition) is 6. The van der Waals surface area contributed by atoms with Crippen LogP contribution in [0.2, 0.25) is 5.02 Å². The maximum Gasteiger partial charge on any atom is 0.305 e. The highest BCUT2D eigenvalue weighted by Gasteiger charge is 2.38. The minimum Gasteiger partial charge on any atom is -0.465 e. The minimum absolute atomic E-state index is 0.0381. The van der Waals surface area contributed by atoms with Gasteiger partial charge in [-0.3, -0.25) is 9.59 Å². The number of rotatable bonds is 10. The summed E-state index contributed by atoms with van der Waals surface area (Å²) in [5.74, 6) is -0.135. The van der Waals surface area contributed by atoms with E-state index in [0.29, 0.717) is 17.2 Å². The van der Waals surface area contributed by atoms with E-state index in [1.54, 1.807) is 38.1 Å². The first-order valence-electron chi connectivity index (χ1n) is 8.80. The monoisotopic (exact) mass is 393 g/mol. The molecule has 0 spiro atoms. The highest BCUT2D eigenvalue weighted by molar-refractivity contribution is 6.30. The molecule has 7 nitrogen and oxygen atoms in total. The van der Waals surface area contributed by atoms with Gasteiger partial charge in [-0.15, -0.1) is 0 Å². The summed E-state index contributed by atoms with van der Waals surface area (Å²) < 4.78 is 12.5. The summed E-state index contributed by atoms with van der Waals surface area (Å²) in [6.45, 7) is 5.37. The average molecular weight is 394 g/mol. The van der Waals surface area contributed by atoms with Crippen LogP contribution in [0.15, 0.2) is 36.9 Å². The van der Waals surface area contributed by atoms with Crippen molar-refractivity contribution in [3.63, 3.8) is 0 Å². The predicted octanol–water partition coefficient (Wildman–Crippen LogP) is 3.84. The first-order valence-corrected chi connectivity index (χ1v) is 9.17. The summed E-state index contributed by atoms with van der Waals surface area (Å²) in [4.78, 5) is 28.8. The fourth-order valence-electron chi connectivity index (χ4n) is 2.27. The van der Waals surface area contributed by atoms with E-state index in [0.717, 1.165) is 12.8 Å². The molecule has 0 N–H and O–H groups in total. The molecule has 1 heterocycles. The van der Waals surface area contributed by atoms with Crippen LogP contribution in [0.4, 0.5) is 0 Å². The Hall–Kier alpha value is -2.41. The van der Waals surface area contributed by atoms with E-state index in [4.69, 9.17) is 21.1 Å². The van der Waals surface area contributed by atoms with E-state index in [-0.39, 0.29) is 18.4 Å². The molecule has 0 saturated carbocycles. The lowest BCUT2D eigenvalue weighted by atomic mass is 9.88. The zero-order valence-electron chi connectivity index (χ0n) is 15.7. The van der Waals surface area contributed by atoms with Gasteiger partial charge >= 0.3 is 5.97 Å². The maximum absolute atomic E-state index is 13.1. The number of Topliss-reactive ketones (excluding diaryl/α,β-unsaturated/α-hetero) is 1. The van der Waals surface area contributed by atoms with Crippen LogP contribution in [0.1, 0.15) is 46.3 Å². The number of unbranched alkanes of at least 4 members (excludes halogenated alkanes) is 1. The van der Waals surface area contributed by atoms with Gasteiger partial charge < -0.3 is 9.47 Å². The van der Waals surface area contributed by atoms with Crippen molar-refractivity contribution in [3.05, 3.63) is 41.9 Å². The SMILES string of the molecule is CCCCC(=O)OCC(C)(C)C(=O)C(Oc1ccc(Cl)cc1)n1cncn1. The molecule has 1 aromatic heterocycles. The standard InChI is InChI=1S/C19H24ClN3O4/c1-4-5-6-16(24)26-11-19(2,3)17(25)18(23-13-21-12-22-23)27-15-9-7-14(20)8-10-15/h7-10,12-13,18H,4-6,11H2,1-3H3. The van der Waals surface area contributed by atoms with Crippen molar-refractivity contribution in [2.75, 3.05) is 6.61 Å². The molecule has 0 aliphatic carbocycles. The quantitative estimate of drug-likeness (QED) is 0.570. The van der Waals surface area contributed by atoms with Crippen LogP contribution in [0, 0.1) is 5.41 Å². The molecule has 0 aliphatic heterocycles. The summed E-state index contributed by atoms with van der Waals surface area (Å²) in [6, 6.07) is 6.66. The van der Waals surface area contributed by atoms with Crippen LogP contribution < -0.4 is 4.74 Å². The van der Waals surface area contributed by atoms with Gasteiger partial charge in [-0.05, 0) is 44.5 Å². The lowest BCUT2D eigenvalue weighted by molar-refractivity contribution is -0.152. The molecule has 0 aliphatic rings. The number of halogens is 1. The Morgan fingerprint density at radius 3 is 2.56 bits per heavy atom. The molecule has 146 valence electrons. The molecule has 0 radical (unpaired) electrons. The van der Waals surface area contributed by atoms with Gasteiger partial charge in [-0.25, -0.2) is 9.67 Å². The van der Waals surface area contributed by atoms with Crippen molar-refractivity contribution in [1.82, 2.24) is 14.8 Å². The minimum atomic E-state index is -1.04. The molecule has 2 aromatic rings. The molecule has 0 bridgehead atoms. The van der Waals surface area contributed by atoms with Gasteiger partial charge in [-0.2, -0.15) is 5.10 Å². The van der Waals surface area contributed by atoms with Gasteiger partial charge in [-0.1, -0.05) is 24.9 Å². The molecule has 1 aromatic carbocycles. The van der Waals surface area contributed by atoms with Crippen LogP contribution >= 0.6 is 11.6 Å². The molecular weight excluding hydrogens is 370 g/mol. The molecule has 0 fully saturated rings. The number of carbonyl (C=O) groups is 2. The Morgan fingerprint density at radius 1 is 1.26 bits per heavy atom. The van der Waals surface area contributed by atoms with Crippen molar-refractivity contribution in [2.24, 2.45) is 5.41 Å². The van der Waals surface area contributed by atoms with Crippen molar-refractivity contribution >= 4 is 23.4 Å². The Kier molecular flexibility index (Phi) is 7.36. The summed E-state index contributed by atoms with van der Waals surface area (Å²) >= 11 is 5.89. The third-order valence-electron chi connectivity index (χ3n) is 3.96. The first kappa shape index (κ1) is 20.9. The third-order valence-corrected chi connectivity index (χ3v) is 4.21. The second-order valence-corrected chi connectivity index (χ2v) is 7.25. The van der Waals surface area contributed by atoms with Crippen molar-refractivity contribution < 1.29 is 19.1 Å². The number of esters is 1. The van der Waals surface area contributed by atoms with E-state index in [2.05, 4.69) is 10.1 Å². The normalized spacial score (nSPS) is 12.4. The molecule has 27 heavy (non-hydrogen) atoms. The van der Waals surface area contributed by atoms with Crippen LogP contribution in [-0.4, -0.2) is 33.1 Å². The second-order valence-electron chi connectivity index (χ2n) is 6.81. The zero-order valence-corrected chi connectivity index (χ0v) is 16.5. The topological polar surface area (TPSA) is 83.3 Å². The molecule has 0 amide bonds. The number of aromatic nitrogens is 3. The number of hydrogen-bond donors (Lipinski definition) is 0. The maximum atomic E-state index is 13.1. The van der Waals surface area contributed by atoms with Gasteiger partial charge in [0.2, 0.25) is 5.78 Å². The summed E-state index contributed by atoms with van der Waals surface area (Å²) in [7, 11) is 0. The van der Waals surface area contributed by atoms with Crippen molar-refractivity contribution in [3.8, 4) is 5.75 Å². The number of ketones is 1. The number of nitrogens with zero attached hydrogens (tertiary/aromatic N) is 3. The largest absolute Gasteiger partial charge is 0.465 e. The van der Waals surface area contributed by atoms with Crippen molar-refractivity contribution in [1.29, 1.82) is 0 Å². The third kappa shape index (κ3) is 6.06. The van der Waals surface area contributed by atoms with Crippen LogP contribution in [0.25, 0.3) is 0 Å². The Balaban J connectivity index is 2.12. The smallest absolute Gasteiger partial charge is 0.305 e. The summed E-state index contributed by atoms with van der Waals surface area (Å²) in [5, 5.41) is 4.59. The fourth-order valence-corrected chi connectivity index (χ4v) is 2.39. The number of benzene rings is 1. The van der Waals surface area contributed by atoms with E-state index in [1.807, 2.05) is 6.92 Å². The van der Waals surface area contributed by atoms with Crippen LogP contribution in [0.5, 0.6) is 5.75 Å².